The van der Waals surface area contributed by atoms with Crippen LogP contribution < -0.4 is 5.32 Å². The van der Waals surface area contributed by atoms with E-state index in [1.54, 1.807) is 6.92 Å². The molecule has 1 aromatic carbocycles. The lowest BCUT2D eigenvalue weighted by molar-refractivity contribution is 0.102. The second-order valence-corrected chi connectivity index (χ2v) is 6.69. The third kappa shape index (κ3) is 3.35. The van der Waals surface area contributed by atoms with Crippen molar-refractivity contribution >= 4 is 38.3 Å². The number of thiazole rings is 1. The fourth-order valence-corrected chi connectivity index (χ4v) is 3.34. The van der Waals surface area contributed by atoms with Gasteiger partial charge in [-0.2, -0.15) is 0 Å². The van der Waals surface area contributed by atoms with Crippen LogP contribution in [0.15, 0.2) is 38.6 Å². The van der Waals surface area contributed by atoms with E-state index in [0.29, 0.717) is 28.6 Å². The molecule has 0 bridgehead atoms. The van der Waals surface area contributed by atoms with Gasteiger partial charge in [-0.05, 0) is 25.5 Å². The minimum absolute atomic E-state index is 0.240. The van der Waals surface area contributed by atoms with E-state index in [2.05, 4.69) is 31.4 Å². The van der Waals surface area contributed by atoms with Crippen molar-refractivity contribution in [3.05, 3.63) is 51.1 Å². The van der Waals surface area contributed by atoms with Gasteiger partial charge in [-0.25, -0.2) is 4.98 Å². The summed E-state index contributed by atoms with van der Waals surface area (Å²) in [5, 5.41) is 9.19. The number of amides is 1. The van der Waals surface area contributed by atoms with Gasteiger partial charge in [0.15, 0.2) is 5.13 Å². The van der Waals surface area contributed by atoms with Gasteiger partial charge in [0.25, 0.3) is 5.91 Å². The zero-order valence-corrected chi connectivity index (χ0v) is 15.0. The highest BCUT2D eigenvalue weighted by Crippen LogP contribution is 2.27. The second-order valence-electron chi connectivity index (χ2n) is 4.92. The Labute approximate surface area is 145 Å². The summed E-state index contributed by atoms with van der Waals surface area (Å²) in [7, 11) is 0. The molecular weight excluding hydrogens is 378 g/mol. The van der Waals surface area contributed by atoms with Gasteiger partial charge in [-0.15, -0.1) is 11.3 Å². The Morgan fingerprint density at radius 3 is 3.00 bits per heavy atom. The predicted molar refractivity (Wildman–Crippen MR) is 93.8 cm³/mol. The molecule has 0 spiro atoms. The third-order valence-electron chi connectivity index (χ3n) is 3.34. The summed E-state index contributed by atoms with van der Waals surface area (Å²) < 4.78 is 6.09. The van der Waals surface area contributed by atoms with Gasteiger partial charge in [-0.1, -0.05) is 40.1 Å². The molecule has 0 saturated heterocycles. The molecule has 118 valence electrons. The first kappa shape index (κ1) is 15.9. The average Bonchev–Trinajstić information content (AvgIpc) is 3.13. The number of hydrogen-bond acceptors (Lipinski definition) is 5. The number of nitrogens with one attached hydrogen (secondary N) is 1. The molecule has 0 unspecified atom stereocenters. The molecule has 3 rings (SSSR count). The number of halogens is 1. The van der Waals surface area contributed by atoms with Crippen LogP contribution in [-0.2, 0) is 6.42 Å². The van der Waals surface area contributed by atoms with Crippen molar-refractivity contribution < 1.29 is 9.32 Å². The molecule has 3 aromatic rings. The Kier molecular flexibility index (Phi) is 4.58. The molecule has 1 N–H and O–H groups in total. The second kappa shape index (κ2) is 6.64. The standard InChI is InChI=1S/C16H14BrN3O2S/c1-3-12-14(9(2)22-20-12)15(21)19-16-18-13(8-23-16)10-5-4-6-11(17)7-10/h4-8H,3H2,1-2H3,(H,18,19,21). The Morgan fingerprint density at radius 1 is 1.43 bits per heavy atom. The average molecular weight is 392 g/mol. The Balaban J connectivity index is 1.82. The Morgan fingerprint density at radius 2 is 2.26 bits per heavy atom. The maximum Gasteiger partial charge on any atom is 0.262 e. The molecule has 0 fully saturated rings. The molecule has 2 heterocycles. The number of rotatable bonds is 4. The van der Waals surface area contributed by atoms with E-state index in [9.17, 15) is 4.79 Å². The minimum atomic E-state index is -0.240. The smallest absolute Gasteiger partial charge is 0.262 e. The number of aryl methyl sites for hydroxylation is 2. The maximum absolute atomic E-state index is 12.4. The van der Waals surface area contributed by atoms with Crippen molar-refractivity contribution in [3.8, 4) is 11.3 Å². The molecule has 0 aliphatic carbocycles. The molecule has 23 heavy (non-hydrogen) atoms. The van der Waals surface area contributed by atoms with Gasteiger partial charge in [0, 0.05) is 15.4 Å². The summed E-state index contributed by atoms with van der Waals surface area (Å²) in [6.07, 6.45) is 0.640. The van der Waals surface area contributed by atoms with Gasteiger partial charge in [0.2, 0.25) is 0 Å². The highest BCUT2D eigenvalue weighted by molar-refractivity contribution is 9.10. The first-order chi connectivity index (χ1) is 11.1. The van der Waals surface area contributed by atoms with Crippen LogP contribution in [0.2, 0.25) is 0 Å². The number of carbonyl (C=O) groups is 1. The largest absolute Gasteiger partial charge is 0.361 e. The van der Waals surface area contributed by atoms with E-state index in [1.807, 2.05) is 36.6 Å². The Hall–Kier alpha value is -1.99. The lowest BCUT2D eigenvalue weighted by Gasteiger charge is -2.01. The lowest BCUT2D eigenvalue weighted by Crippen LogP contribution is -2.14. The van der Waals surface area contributed by atoms with E-state index >= 15 is 0 Å². The highest BCUT2D eigenvalue weighted by Gasteiger charge is 2.20. The van der Waals surface area contributed by atoms with E-state index in [-0.39, 0.29) is 5.91 Å². The van der Waals surface area contributed by atoms with Crippen LogP contribution in [0.4, 0.5) is 5.13 Å². The molecule has 0 saturated carbocycles. The van der Waals surface area contributed by atoms with E-state index in [0.717, 1.165) is 15.7 Å². The van der Waals surface area contributed by atoms with Gasteiger partial charge in [0.1, 0.15) is 11.3 Å². The van der Waals surface area contributed by atoms with Crippen LogP contribution in [0.25, 0.3) is 11.3 Å². The summed E-state index contributed by atoms with van der Waals surface area (Å²) in [6.45, 7) is 3.67. The van der Waals surface area contributed by atoms with Crippen molar-refractivity contribution in [2.24, 2.45) is 0 Å². The number of hydrogen-bond donors (Lipinski definition) is 1. The number of aromatic nitrogens is 2. The third-order valence-corrected chi connectivity index (χ3v) is 4.59. The van der Waals surface area contributed by atoms with Crippen LogP contribution >= 0.6 is 27.3 Å². The Bertz CT molecular complexity index is 857. The number of anilines is 1. The summed E-state index contributed by atoms with van der Waals surface area (Å²) in [5.41, 5.74) is 2.96. The van der Waals surface area contributed by atoms with Gasteiger partial charge in [0.05, 0.1) is 11.4 Å². The fourth-order valence-electron chi connectivity index (χ4n) is 2.22. The molecule has 0 atom stereocenters. The molecule has 7 heteroatoms. The van der Waals surface area contributed by atoms with Gasteiger partial charge < -0.3 is 4.52 Å². The van der Waals surface area contributed by atoms with Crippen molar-refractivity contribution in [2.45, 2.75) is 20.3 Å². The van der Waals surface area contributed by atoms with Crippen LogP contribution in [0, 0.1) is 6.92 Å². The van der Waals surface area contributed by atoms with Gasteiger partial charge >= 0.3 is 0 Å². The van der Waals surface area contributed by atoms with E-state index < -0.39 is 0 Å². The predicted octanol–water partition coefficient (Wildman–Crippen LogP) is 4.68. The van der Waals surface area contributed by atoms with Crippen LogP contribution in [0.5, 0.6) is 0 Å². The molecule has 5 nitrogen and oxygen atoms in total. The van der Waals surface area contributed by atoms with Crippen LogP contribution in [0.3, 0.4) is 0 Å². The molecule has 0 aliphatic heterocycles. The first-order valence-corrected chi connectivity index (χ1v) is 8.73. The van der Waals surface area contributed by atoms with Crippen LogP contribution in [-0.4, -0.2) is 16.0 Å². The van der Waals surface area contributed by atoms with Crippen molar-refractivity contribution in [2.75, 3.05) is 5.32 Å². The van der Waals surface area contributed by atoms with E-state index in [1.165, 1.54) is 11.3 Å². The minimum Gasteiger partial charge on any atom is -0.361 e. The van der Waals surface area contributed by atoms with Crippen molar-refractivity contribution in [3.63, 3.8) is 0 Å². The van der Waals surface area contributed by atoms with Crippen molar-refractivity contribution in [1.29, 1.82) is 0 Å². The number of carbonyl (C=O) groups excluding carboxylic acids is 1. The molecular formula is C16H14BrN3O2S. The van der Waals surface area contributed by atoms with Crippen LogP contribution in [0.1, 0.15) is 28.7 Å². The zero-order valence-electron chi connectivity index (χ0n) is 12.6. The molecule has 0 radical (unpaired) electrons. The molecule has 0 aliphatic rings. The van der Waals surface area contributed by atoms with Crippen molar-refractivity contribution in [1.82, 2.24) is 10.1 Å². The molecule has 1 amide bonds. The van der Waals surface area contributed by atoms with Gasteiger partial charge in [-0.3, -0.25) is 10.1 Å². The molecule has 2 aromatic heterocycles. The number of benzene rings is 1. The monoisotopic (exact) mass is 391 g/mol. The first-order valence-electron chi connectivity index (χ1n) is 7.06. The quantitative estimate of drug-likeness (QED) is 0.700. The number of nitrogens with zero attached hydrogens (tertiary/aromatic N) is 2. The topological polar surface area (TPSA) is 68.0 Å². The summed E-state index contributed by atoms with van der Waals surface area (Å²) >= 11 is 4.83. The maximum atomic E-state index is 12.4. The fraction of sp³-hybridized carbons (Fsp3) is 0.188. The lowest BCUT2D eigenvalue weighted by atomic mass is 10.1. The summed E-state index contributed by atoms with van der Waals surface area (Å²) in [5.74, 6) is 0.277. The van der Waals surface area contributed by atoms with E-state index in [4.69, 9.17) is 4.52 Å². The highest BCUT2D eigenvalue weighted by atomic mass is 79.9. The summed E-state index contributed by atoms with van der Waals surface area (Å²) in [6, 6.07) is 7.87. The SMILES string of the molecule is CCc1noc(C)c1C(=O)Nc1nc(-c2cccc(Br)c2)cs1. The summed E-state index contributed by atoms with van der Waals surface area (Å²) in [4.78, 5) is 16.9. The zero-order chi connectivity index (χ0) is 16.4. The normalized spacial score (nSPS) is 10.7.